The van der Waals surface area contributed by atoms with Gasteiger partial charge in [0.25, 0.3) is 5.91 Å². The third kappa shape index (κ3) is 4.61. The summed E-state index contributed by atoms with van der Waals surface area (Å²) >= 11 is 1.75. The Morgan fingerprint density at radius 3 is 2.44 bits per heavy atom. The molecule has 0 radical (unpaired) electrons. The van der Waals surface area contributed by atoms with Gasteiger partial charge in [-0.1, -0.05) is 0 Å². The molecule has 0 bridgehead atoms. The summed E-state index contributed by atoms with van der Waals surface area (Å²) < 4.78 is 5.55. The van der Waals surface area contributed by atoms with Crippen molar-refractivity contribution in [2.75, 3.05) is 33.0 Å². The van der Waals surface area contributed by atoms with Crippen molar-refractivity contribution >= 4 is 30.1 Å². The number of hydrogen-bond acceptors (Lipinski definition) is 4. The van der Waals surface area contributed by atoms with Crippen molar-refractivity contribution in [1.82, 2.24) is 10.6 Å². The SMILES string of the molecule is COC1(C(=O)NCC(C)(C)SC)CCNCC1.Cl. The number of carbonyl (C=O) groups excluding carboxylic acids is 1. The molecule has 0 aliphatic carbocycles. The topological polar surface area (TPSA) is 50.4 Å². The summed E-state index contributed by atoms with van der Waals surface area (Å²) in [4.78, 5) is 12.2. The van der Waals surface area contributed by atoms with Crippen LogP contribution in [0.3, 0.4) is 0 Å². The number of methoxy groups -OCH3 is 1. The highest BCUT2D eigenvalue weighted by atomic mass is 35.5. The van der Waals surface area contributed by atoms with Crippen LogP contribution in [0.5, 0.6) is 0 Å². The molecule has 0 saturated carbocycles. The van der Waals surface area contributed by atoms with E-state index in [0.29, 0.717) is 6.54 Å². The first-order chi connectivity index (χ1) is 7.96. The Hall–Kier alpha value is 0.0300. The minimum atomic E-state index is -0.625. The lowest BCUT2D eigenvalue weighted by Crippen LogP contribution is -2.55. The molecular formula is C12H25ClN2O2S. The molecule has 0 aromatic heterocycles. The lowest BCUT2D eigenvalue weighted by Gasteiger charge is -2.35. The summed E-state index contributed by atoms with van der Waals surface area (Å²) in [5, 5.41) is 6.27. The number of amides is 1. The average molecular weight is 297 g/mol. The third-order valence-electron chi connectivity index (χ3n) is 3.44. The summed E-state index contributed by atoms with van der Waals surface area (Å²) in [6.45, 7) is 6.60. The Balaban J connectivity index is 0.00000289. The Kier molecular flexibility index (Phi) is 7.59. The second kappa shape index (κ2) is 7.58. The predicted octanol–water partition coefficient (Wildman–Crippen LogP) is 1.43. The summed E-state index contributed by atoms with van der Waals surface area (Å²) in [6, 6.07) is 0. The highest BCUT2D eigenvalue weighted by Gasteiger charge is 2.39. The van der Waals surface area contributed by atoms with Crippen LogP contribution < -0.4 is 10.6 Å². The van der Waals surface area contributed by atoms with E-state index in [1.807, 2.05) is 0 Å². The van der Waals surface area contributed by atoms with Crippen molar-refractivity contribution in [2.45, 2.75) is 37.0 Å². The van der Waals surface area contributed by atoms with Crippen molar-refractivity contribution in [3.05, 3.63) is 0 Å². The van der Waals surface area contributed by atoms with Crippen LogP contribution in [0.1, 0.15) is 26.7 Å². The van der Waals surface area contributed by atoms with E-state index in [2.05, 4.69) is 30.7 Å². The first-order valence-corrected chi connectivity index (χ1v) is 7.27. The number of nitrogens with one attached hydrogen (secondary N) is 2. The molecule has 0 atom stereocenters. The number of hydrogen-bond donors (Lipinski definition) is 2. The van der Waals surface area contributed by atoms with Gasteiger partial charge in [0.2, 0.25) is 0 Å². The van der Waals surface area contributed by atoms with E-state index in [0.717, 1.165) is 25.9 Å². The zero-order valence-electron chi connectivity index (χ0n) is 11.7. The predicted molar refractivity (Wildman–Crippen MR) is 79.7 cm³/mol. The molecule has 0 spiro atoms. The molecular weight excluding hydrogens is 272 g/mol. The van der Waals surface area contributed by atoms with E-state index in [1.54, 1.807) is 18.9 Å². The van der Waals surface area contributed by atoms with Gasteiger partial charge in [-0.2, -0.15) is 11.8 Å². The molecule has 1 saturated heterocycles. The summed E-state index contributed by atoms with van der Waals surface area (Å²) in [6.07, 6.45) is 3.55. The maximum absolute atomic E-state index is 12.2. The van der Waals surface area contributed by atoms with E-state index < -0.39 is 5.60 Å². The molecule has 2 N–H and O–H groups in total. The van der Waals surface area contributed by atoms with Crippen LogP contribution in [0.4, 0.5) is 0 Å². The van der Waals surface area contributed by atoms with Crippen LogP contribution in [0, 0.1) is 0 Å². The number of thioether (sulfide) groups is 1. The van der Waals surface area contributed by atoms with Crippen molar-refractivity contribution in [3.63, 3.8) is 0 Å². The Labute approximate surface area is 120 Å². The van der Waals surface area contributed by atoms with Gasteiger partial charge in [0.15, 0.2) is 0 Å². The molecule has 108 valence electrons. The van der Waals surface area contributed by atoms with E-state index in [-0.39, 0.29) is 23.1 Å². The standard InChI is InChI=1S/C12H24N2O2S.ClH/c1-11(2,17-4)9-14-10(15)12(16-3)5-7-13-8-6-12;/h13H,5-9H2,1-4H3,(H,14,15);1H. The zero-order chi connectivity index (χ0) is 12.9. The van der Waals surface area contributed by atoms with Gasteiger partial charge in [0, 0.05) is 18.4 Å². The maximum Gasteiger partial charge on any atom is 0.252 e. The Morgan fingerprint density at radius 2 is 2.00 bits per heavy atom. The summed E-state index contributed by atoms with van der Waals surface area (Å²) in [7, 11) is 1.63. The summed E-state index contributed by atoms with van der Waals surface area (Å²) in [5.74, 6) is 0.0311. The van der Waals surface area contributed by atoms with Gasteiger partial charge < -0.3 is 15.4 Å². The smallest absolute Gasteiger partial charge is 0.252 e. The Bertz CT molecular complexity index is 269. The van der Waals surface area contributed by atoms with Crippen LogP contribution in [0.15, 0.2) is 0 Å². The highest BCUT2D eigenvalue weighted by Crippen LogP contribution is 2.24. The fourth-order valence-corrected chi connectivity index (χ4v) is 2.10. The van der Waals surface area contributed by atoms with Gasteiger partial charge in [-0.05, 0) is 46.0 Å². The van der Waals surface area contributed by atoms with Crippen LogP contribution >= 0.6 is 24.2 Å². The molecule has 1 rings (SSSR count). The van der Waals surface area contributed by atoms with Gasteiger partial charge in [-0.3, -0.25) is 4.79 Å². The van der Waals surface area contributed by atoms with Crippen molar-refractivity contribution < 1.29 is 9.53 Å². The molecule has 6 heteroatoms. The van der Waals surface area contributed by atoms with Gasteiger partial charge in [-0.25, -0.2) is 0 Å². The van der Waals surface area contributed by atoms with Crippen LogP contribution in [0.25, 0.3) is 0 Å². The second-order valence-electron chi connectivity index (χ2n) is 5.09. The lowest BCUT2D eigenvalue weighted by molar-refractivity contribution is -0.146. The van der Waals surface area contributed by atoms with E-state index >= 15 is 0 Å². The molecule has 1 aliphatic rings. The molecule has 0 unspecified atom stereocenters. The van der Waals surface area contributed by atoms with Crippen molar-refractivity contribution in [2.24, 2.45) is 0 Å². The first-order valence-electron chi connectivity index (χ1n) is 6.05. The third-order valence-corrected chi connectivity index (χ3v) is 4.69. The van der Waals surface area contributed by atoms with Crippen LogP contribution in [-0.2, 0) is 9.53 Å². The average Bonchev–Trinajstić information content (AvgIpc) is 2.37. The molecule has 4 nitrogen and oxygen atoms in total. The molecule has 1 aliphatic heterocycles. The number of carbonyl (C=O) groups is 1. The number of rotatable bonds is 5. The molecule has 1 heterocycles. The van der Waals surface area contributed by atoms with Crippen LogP contribution in [0.2, 0.25) is 0 Å². The van der Waals surface area contributed by atoms with Crippen molar-refractivity contribution in [3.8, 4) is 0 Å². The number of halogens is 1. The minimum Gasteiger partial charge on any atom is -0.368 e. The fourth-order valence-electron chi connectivity index (χ4n) is 1.88. The highest BCUT2D eigenvalue weighted by molar-refractivity contribution is 7.99. The molecule has 1 fully saturated rings. The largest absolute Gasteiger partial charge is 0.368 e. The lowest BCUT2D eigenvalue weighted by atomic mass is 9.91. The molecule has 1 amide bonds. The second-order valence-corrected chi connectivity index (χ2v) is 6.61. The monoisotopic (exact) mass is 296 g/mol. The van der Waals surface area contributed by atoms with E-state index in [1.165, 1.54) is 0 Å². The van der Waals surface area contributed by atoms with Crippen LogP contribution in [-0.4, -0.2) is 49.3 Å². The number of ether oxygens (including phenoxy) is 1. The normalized spacial score (nSPS) is 18.9. The van der Waals surface area contributed by atoms with E-state index in [4.69, 9.17) is 4.74 Å². The van der Waals surface area contributed by atoms with Gasteiger partial charge in [0.1, 0.15) is 5.60 Å². The zero-order valence-corrected chi connectivity index (χ0v) is 13.3. The fraction of sp³-hybridized carbons (Fsp3) is 0.917. The Morgan fingerprint density at radius 1 is 1.44 bits per heavy atom. The quantitative estimate of drug-likeness (QED) is 0.806. The maximum atomic E-state index is 12.2. The van der Waals surface area contributed by atoms with E-state index in [9.17, 15) is 4.79 Å². The van der Waals surface area contributed by atoms with Gasteiger partial charge in [0.05, 0.1) is 0 Å². The molecule has 0 aromatic carbocycles. The molecule has 18 heavy (non-hydrogen) atoms. The number of piperidine rings is 1. The van der Waals surface area contributed by atoms with Crippen molar-refractivity contribution in [1.29, 1.82) is 0 Å². The first kappa shape index (κ1) is 18.0. The molecule has 0 aromatic rings. The summed E-state index contributed by atoms with van der Waals surface area (Å²) in [5.41, 5.74) is -0.625. The minimum absolute atomic E-state index is 0. The van der Waals surface area contributed by atoms with Gasteiger partial charge in [-0.15, -0.1) is 12.4 Å². The van der Waals surface area contributed by atoms with Gasteiger partial charge >= 0.3 is 0 Å².